The van der Waals surface area contributed by atoms with E-state index >= 15 is 0 Å². The molecule has 0 aromatic carbocycles. The largest absolute Gasteiger partial charge is 0.396 e. The lowest BCUT2D eigenvalue weighted by Gasteiger charge is -2.23. The monoisotopic (exact) mass is 343 g/mol. The average Bonchev–Trinajstić information content (AvgIpc) is 3.08. The second kappa shape index (κ2) is 6.18. The topological polar surface area (TPSA) is 66.4 Å². The Balaban J connectivity index is 1.80. The summed E-state index contributed by atoms with van der Waals surface area (Å²) in [5, 5.41) is 11.0. The summed E-state index contributed by atoms with van der Waals surface area (Å²) >= 11 is 2.93. The van der Waals surface area contributed by atoms with Crippen LogP contribution in [-0.4, -0.2) is 20.1 Å². The van der Waals surface area contributed by atoms with Crippen LogP contribution in [0.4, 0.5) is 0 Å². The highest BCUT2D eigenvalue weighted by molar-refractivity contribution is 7.91. The number of thiophene rings is 2. The summed E-state index contributed by atoms with van der Waals surface area (Å²) in [6.07, 6.45) is 3.40. The van der Waals surface area contributed by atoms with Crippen molar-refractivity contribution in [2.45, 2.75) is 35.9 Å². The molecule has 0 fully saturated rings. The molecule has 2 N–H and O–H groups in total. The van der Waals surface area contributed by atoms with Crippen molar-refractivity contribution in [1.82, 2.24) is 4.72 Å². The van der Waals surface area contributed by atoms with Gasteiger partial charge in [0.1, 0.15) is 4.21 Å². The van der Waals surface area contributed by atoms with Gasteiger partial charge in [-0.05, 0) is 48.4 Å². The van der Waals surface area contributed by atoms with Crippen molar-refractivity contribution in [3.63, 3.8) is 0 Å². The van der Waals surface area contributed by atoms with E-state index in [0.717, 1.165) is 29.7 Å². The van der Waals surface area contributed by atoms with E-state index in [0.29, 0.717) is 10.6 Å². The first-order valence-electron chi connectivity index (χ1n) is 6.88. The predicted octanol–water partition coefficient (Wildman–Crippen LogP) is 2.70. The number of nitrogens with one attached hydrogen (secondary N) is 1. The molecular weight excluding hydrogens is 326 g/mol. The Bertz CT molecular complexity index is 717. The van der Waals surface area contributed by atoms with Crippen molar-refractivity contribution in [2.75, 3.05) is 6.61 Å². The molecule has 0 spiro atoms. The van der Waals surface area contributed by atoms with E-state index in [1.807, 2.05) is 11.4 Å². The fourth-order valence-corrected chi connectivity index (χ4v) is 6.20. The van der Waals surface area contributed by atoms with Crippen molar-refractivity contribution >= 4 is 32.7 Å². The highest BCUT2D eigenvalue weighted by atomic mass is 32.2. The summed E-state index contributed by atoms with van der Waals surface area (Å²) in [6.45, 7) is 0.0360. The number of aryl methyl sites for hydroxylation is 1. The number of fused-ring (bicyclic) bond motifs is 1. The Hall–Kier alpha value is -0.730. The molecule has 3 rings (SSSR count). The fraction of sp³-hybridized carbons (Fsp3) is 0.429. The third-order valence-corrected chi connectivity index (χ3v) is 7.71. The summed E-state index contributed by atoms with van der Waals surface area (Å²) in [5.74, 6) is 0. The van der Waals surface area contributed by atoms with Crippen LogP contribution < -0.4 is 4.72 Å². The van der Waals surface area contributed by atoms with Gasteiger partial charge in [0.05, 0.1) is 0 Å². The molecule has 2 aromatic rings. The zero-order chi connectivity index (χ0) is 14.9. The maximum Gasteiger partial charge on any atom is 0.250 e. The summed E-state index contributed by atoms with van der Waals surface area (Å²) in [6, 6.07) is 5.30. The molecule has 1 aliphatic carbocycles. The van der Waals surface area contributed by atoms with Gasteiger partial charge in [-0.2, -0.15) is 0 Å². The van der Waals surface area contributed by atoms with Gasteiger partial charge >= 0.3 is 0 Å². The Morgan fingerprint density at radius 2 is 2.19 bits per heavy atom. The zero-order valence-electron chi connectivity index (χ0n) is 11.4. The number of rotatable bonds is 5. The van der Waals surface area contributed by atoms with E-state index in [2.05, 4.69) is 4.72 Å². The molecule has 2 aromatic heterocycles. The predicted molar refractivity (Wildman–Crippen MR) is 85.4 cm³/mol. The molecule has 0 amide bonds. The first kappa shape index (κ1) is 15.2. The highest BCUT2D eigenvalue weighted by Gasteiger charge is 2.27. The third-order valence-electron chi connectivity index (χ3n) is 3.61. The van der Waals surface area contributed by atoms with Crippen LogP contribution in [0.25, 0.3) is 0 Å². The van der Waals surface area contributed by atoms with E-state index < -0.39 is 10.0 Å². The first-order chi connectivity index (χ1) is 10.1. The Kier molecular flexibility index (Phi) is 4.46. The van der Waals surface area contributed by atoms with E-state index in [1.165, 1.54) is 16.2 Å². The molecule has 0 saturated heterocycles. The number of hydrogen-bond donors (Lipinski definition) is 2. The summed E-state index contributed by atoms with van der Waals surface area (Å²) in [4.78, 5) is 2.18. The van der Waals surface area contributed by atoms with Crippen LogP contribution in [-0.2, 0) is 22.9 Å². The van der Waals surface area contributed by atoms with Crippen molar-refractivity contribution in [3.8, 4) is 0 Å². The van der Waals surface area contributed by atoms with Crippen LogP contribution in [0.5, 0.6) is 0 Å². The lowest BCUT2D eigenvalue weighted by molar-refractivity contribution is 0.300. The Morgan fingerprint density at radius 3 is 3.00 bits per heavy atom. The third kappa shape index (κ3) is 3.22. The molecule has 7 heteroatoms. The maximum atomic E-state index is 12.5. The van der Waals surface area contributed by atoms with E-state index in [1.54, 1.807) is 23.5 Å². The van der Waals surface area contributed by atoms with E-state index in [9.17, 15) is 8.42 Å². The van der Waals surface area contributed by atoms with Gasteiger partial charge in [-0.3, -0.25) is 0 Å². The van der Waals surface area contributed by atoms with Crippen LogP contribution in [0.3, 0.4) is 0 Å². The minimum atomic E-state index is -3.49. The van der Waals surface area contributed by atoms with Gasteiger partial charge in [0.25, 0.3) is 10.0 Å². The van der Waals surface area contributed by atoms with Gasteiger partial charge < -0.3 is 5.11 Å². The van der Waals surface area contributed by atoms with Gasteiger partial charge in [0.2, 0.25) is 0 Å². The van der Waals surface area contributed by atoms with Gasteiger partial charge in [0.15, 0.2) is 0 Å². The molecule has 114 valence electrons. The number of aliphatic hydroxyl groups excluding tert-OH is 1. The van der Waals surface area contributed by atoms with Crippen LogP contribution in [0, 0.1) is 0 Å². The summed E-state index contributed by atoms with van der Waals surface area (Å²) in [7, 11) is -3.49. The Morgan fingerprint density at radius 1 is 1.33 bits per heavy atom. The number of sulfonamides is 1. The molecule has 0 aliphatic heterocycles. The van der Waals surface area contributed by atoms with Crippen LogP contribution in [0.15, 0.2) is 27.8 Å². The quantitative estimate of drug-likeness (QED) is 0.877. The van der Waals surface area contributed by atoms with Crippen molar-refractivity contribution in [2.24, 2.45) is 0 Å². The molecule has 0 radical (unpaired) electrons. The number of aliphatic hydroxyl groups is 1. The SMILES string of the molecule is O=S(=O)(NC1CCCc2sccc21)c1ccc(CCO)s1. The molecule has 2 heterocycles. The van der Waals surface area contributed by atoms with Gasteiger partial charge in [-0.15, -0.1) is 22.7 Å². The summed E-state index contributed by atoms with van der Waals surface area (Å²) < 4.78 is 28.1. The first-order valence-corrected chi connectivity index (χ1v) is 10.1. The standard InChI is InChI=1S/C14H17NO3S3/c16-8-6-10-4-5-14(20-10)21(17,18)15-12-2-1-3-13-11(12)7-9-19-13/h4-5,7,9,12,15-16H,1-3,6,8H2. The van der Waals surface area contributed by atoms with Gasteiger partial charge in [0, 0.05) is 28.8 Å². The second-order valence-corrected chi connectivity index (χ2v) is 9.17. The molecule has 1 atom stereocenters. The van der Waals surface area contributed by atoms with Crippen LogP contribution in [0.2, 0.25) is 0 Å². The zero-order valence-corrected chi connectivity index (χ0v) is 13.9. The minimum Gasteiger partial charge on any atom is -0.396 e. The Labute approximate surface area is 132 Å². The smallest absolute Gasteiger partial charge is 0.250 e. The maximum absolute atomic E-state index is 12.5. The number of hydrogen-bond acceptors (Lipinski definition) is 5. The van der Waals surface area contributed by atoms with Crippen molar-refractivity contribution < 1.29 is 13.5 Å². The van der Waals surface area contributed by atoms with Crippen LogP contribution >= 0.6 is 22.7 Å². The van der Waals surface area contributed by atoms with Gasteiger partial charge in [-0.1, -0.05) is 0 Å². The molecule has 1 aliphatic rings. The molecule has 1 unspecified atom stereocenters. The lowest BCUT2D eigenvalue weighted by atomic mass is 9.95. The molecule has 0 saturated carbocycles. The van der Waals surface area contributed by atoms with E-state index in [4.69, 9.17) is 5.11 Å². The molecule has 21 heavy (non-hydrogen) atoms. The van der Waals surface area contributed by atoms with Crippen LogP contribution in [0.1, 0.15) is 34.2 Å². The van der Waals surface area contributed by atoms with Crippen molar-refractivity contribution in [1.29, 1.82) is 0 Å². The normalized spacial score (nSPS) is 18.6. The molecule has 0 bridgehead atoms. The average molecular weight is 343 g/mol. The highest BCUT2D eigenvalue weighted by Crippen LogP contribution is 2.34. The van der Waals surface area contributed by atoms with Gasteiger partial charge in [-0.25, -0.2) is 13.1 Å². The minimum absolute atomic E-state index is 0.0360. The summed E-state index contributed by atoms with van der Waals surface area (Å²) in [5.41, 5.74) is 1.13. The molecule has 4 nitrogen and oxygen atoms in total. The fourth-order valence-electron chi connectivity index (χ4n) is 2.60. The van der Waals surface area contributed by atoms with Crippen molar-refractivity contribution in [3.05, 3.63) is 38.9 Å². The lowest BCUT2D eigenvalue weighted by Crippen LogP contribution is -2.30. The molecular formula is C14H17NO3S3. The van der Waals surface area contributed by atoms with E-state index in [-0.39, 0.29) is 12.6 Å². The second-order valence-electron chi connectivity index (χ2n) is 5.06.